The molecule has 2 N–H and O–H groups in total. The first-order valence-electron chi connectivity index (χ1n) is 14.0. The minimum Gasteiger partial charge on any atom is -0.366 e. The van der Waals surface area contributed by atoms with Crippen molar-refractivity contribution in [2.24, 2.45) is 5.92 Å². The highest BCUT2D eigenvalue weighted by Gasteiger charge is 2.41. The molecular weight excluding hydrogens is 476 g/mol. The highest BCUT2D eigenvalue weighted by atomic mass is 16.2. The van der Waals surface area contributed by atoms with Crippen molar-refractivity contribution < 1.29 is 4.79 Å². The first-order chi connectivity index (χ1) is 18.6. The summed E-state index contributed by atoms with van der Waals surface area (Å²) < 4.78 is 2.19. The highest BCUT2D eigenvalue weighted by molar-refractivity contribution is 5.99. The van der Waals surface area contributed by atoms with E-state index in [-0.39, 0.29) is 17.5 Å². The highest BCUT2D eigenvalue weighted by Crippen LogP contribution is 2.40. The molecule has 9 heteroatoms. The molecule has 2 saturated carbocycles. The normalized spacial score (nSPS) is 23.2. The van der Waals surface area contributed by atoms with Gasteiger partial charge >= 0.3 is 0 Å². The first kappa shape index (κ1) is 23.5. The number of carbonyl (C=O) groups excluding carboxylic acids is 1. The van der Waals surface area contributed by atoms with Gasteiger partial charge in [0, 0.05) is 44.3 Å². The predicted octanol–water partition coefficient (Wildman–Crippen LogP) is 3.51. The Morgan fingerprint density at radius 3 is 2.76 bits per heavy atom. The van der Waals surface area contributed by atoms with Gasteiger partial charge in [0.05, 0.1) is 23.5 Å². The smallest absolute Gasteiger partial charge is 0.268 e. The Labute approximate surface area is 223 Å². The average molecular weight is 511 g/mol. The van der Waals surface area contributed by atoms with Gasteiger partial charge in [0.1, 0.15) is 17.2 Å². The fraction of sp³-hybridized carbons (Fsp3) is 0.517. The van der Waals surface area contributed by atoms with Crippen LogP contribution in [0.3, 0.4) is 0 Å². The van der Waals surface area contributed by atoms with Gasteiger partial charge in [-0.25, -0.2) is 9.97 Å². The molecule has 196 valence electrons. The largest absolute Gasteiger partial charge is 0.366 e. The van der Waals surface area contributed by atoms with Crippen LogP contribution in [-0.2, 0) is 5.54 Å². The summed E-state index contributed by atoms with van der Waals surface area (Å²) in [6, 6.07) is 6.11. The third-order valence-corrected chi connectivity index (χ3v) is 8.84. The van der Waals surface area contributed by atoms with Crippen molar-refractivity contribution in [2.45, 2.75) is 56.5 Å². The summed E-state index contributed by atoms with van der Waals surface area (Å²) in [5, 5.41) is 7.28. The van der Waals surface area contributed by atoms with Gasteiger partial charge in [0.2, 0.25) is 5.95 Å². The number of amides is 1. The number of piperazine rings is 1. The molecule has 1 amide bonds. The van der Waals surface area contributed by atoms with Crippen LogP contribution in [0.5, 0.6) is 0 Å². The van der Waals surface area contributed by atoms with E-state index in [4.69, 9.17) is 11.4 Å². The molecule has 4 aliphatic rings. The molecule has 3 fully saturated rings. The van der Waals surface area contributed by atoms with E-state index < -0.39 is 0 Å². The van der Waals surface area contributed by atoms with Crippen molar-refractivity contribution in [3.63, 3.8) is 0 Å². The van der Waals surface area contributed by atoms with Crippen LogP contribution in [0.25, 0.3) is 11.0 Å². The monoisotopic (exact) mass is 510 g/mol. The third-order valence-electron chi connectivity index (χ3n) is 8.84. The third kappa shape index (κ3) is 4.17. The maximum Gasteiger partial charge on any atom is 0.268 e. The van der Waals surface area contributed by atoms with E-state index in [1.54, 1.807) is 6.20 Å². The van der Waals surface area contributed by atoms with Crippen molar-refractivity contribution in [1.82, 2.24) is 29.7 Å². The van der Waals surface area contributed by atoms with Gasteiger partial charge in [-0.15, -0.1) is 6.42 Å². The lowest BCUT2D eigenvalue weighted by molar-refractivity contribution is 0.0833. The minimum atomic E-state index is -0.103. The van der Waals surface area contributed by atoms with Crippen LogP contribution in [0.1, 0.15) is 55.4 Å². The molecule has 5 heterocycles. The Hall–Kier alpha value is -3.64. The summed E-state index contributed by atoms with van der Waals surface area (Å²) in [4.78, 5) is 31.6. The minimum absolute atomic E-state index is 0.0357. The Morgan fingerprint density at radius 2 is 2.00 bits per heavy atom. The standard InChI is InChI=1S/C29H34N8O/c1-2-22-18-36(13-12-35(22)17-20-6-7-20)23-8-9-25(30-16-23)33-28-31-15-21-14-24-27(38)32-19-29(10-4-3-5-11-29)37(24)26(21)34-28/h1,8-9,14-16,20,22H,3-7,10-13,17-19H2,(H,32,38)(H,30,31,33,34)/t22-/m0/s1. The quantitative estimate of drug-likeness (QED) is 0.508. The second kappa shape index (κ2) is 9.28. The number of carbonyl (C=O) groups is 1. The number of terminal acetylenes is 1. The number of nitrogens with one attached hydrogen (secondary N) is 2. The molecule has 0 radical (unpaired) electrons. The zero-order chi connectivity index (χ0) is 25.7. The molecule has 9 nitrogen and oxygen atoms in total. The predicted molar refractivity (Wildman–Crippen MR) is 148 cm³/mol. The van der Waals surface area contributed by atoms with Crippen LogP contribution >= 0.6 is 0 Å². The van der Waals surface area contributed by atoms with E-state index in [9.17, 15) is 4.79 Å². The first-order valence-corrected chi connectivity index (χ1v) is 14.0. The van der Waals surface area contributed by atoms with E-state index in [2.05, 4.69) is 47.0 Å². The van der Waals surface area contributed by atoms with Crippen molar-refractivity contribution in [2.75, 3.05) is 42.9 Å². The van der Waals surface area contributed by atoms with Gasteiger partial charge < -0.3 is 20.1 Å². The number of fused-ring (bicyclic) bond motifs is 4. The molecule has 2 aliphatic heterocycles. The number of nitrogens with zero attached hydrogens (tertiary/aromatic N) is 6. The number of hydrogen-bond donors (Lipinski definition) is 2. The van der Waals surface area contributed by atoms with Gasteiger partial charge in [-0.1, -0.05) is 25.2 Å². The Kier molecular flexibility index (Phi) is 5.73. The average Bonchev–Trinajstić information content (AvgIpc) is 3.68. The van der Waals surface area contributed by atoms with E-state index in [0.717, 1.165) is 61.7 Å². The zero-order valence-electron chi connectivity index (χ0n) is 21.7. The van der Waals surface area contributed by atoms with Gasteiger partial charge in [-0.05, 0) is 49.8 Å². The molecule has 3 aromatic rings. The number of hydrogen-bond acceptors (Lipinski definition) is 7. The molecule has 1 saturated heterocycles. The molecule has 3 aromatic heterocycles. The maximum atomic E-state index is 12.7. The molecule has 2 aliphatic carbocycles. The lowest BCUT2D eigenvalue weighted by atomic mass is 9.80. The second-order valence-corrected chi connectivity index (χ2v) is 11.4. The van der Waals surface area contributed by atoms with Gasteiger partial charge in [0.25, 0.3) is 5.91 Å². The Morgan fingerprint density at radius 1 is 1.13 bits per heavy atom. The van der Waals surface area contributed by atoms with Gasteiger partial charge in [-0.3, -0.25) is 9.69 Å². The molecule has 7 rings (SSSR count). The number of anilines is 3. The lowest BCUT2D eigenvalue weighted by Crippen LogP contribution is -2.53. The topological polar surface area (TPSA) is 91.2 Å². The van der Waals surface area contributed by atoms with E-state index in [1.165, 1.54) is 32.1 Å². The van der Waals surface area contributed by atoms with Crippen molar-refractivity contribution in [1.29, 1.82) is 0 Å². The summed E-state index contributed by atoms with van der Waals surface area (Å²) in [7, 11) is 0. The molecule has 0 aromatic carbocycles. The van der Waals surface area contributed by atoms with Crippen molar-refractivity contribution in [3.8, 4) is 12.3 Å². The molecular formula is C29H34N8O. The summed E-state index contributed by atoms with van der Waals surface area (Å²) >= 11 is 0. The second-order valence-electron chi connectivity index (χ2n) is 11.4. The number of aromatic nitrogens is 4. The van der Waals surface area contributed by atoms with Crippen molar-refractivity contribution >= 4 is 34.4 Å². The van der Waals surface area contributed by atoms with Crippen LogP contribution < -0.4 is 15.5 Å². The summed E-state index contributed by atoms with van der Waals surface area (Å²) in [6.07, 6.45) is 17.9. The van der Waals surface area contributed by atoms with E-state index in [1.807, 2.05) is 18.3 Å². The molecule has 1 spiro atoms. The van der Waals surface area contributed by atoms with Crippen LogP contribution in [0.2, 0.25) is 0 Å². The molecule has 0 bridgehead atoms. The Bertz CT molecular complexity index is 1400. The molecule has 38 heavy (non-hydrogen) atoms. The number of rotatable bonds is 5. The van der Waals surface area contributed by atoms with Gasteiger partial charge in [0.15, 0.2) is 0 Å². The van der Waals surface area contributed by atoms with E-state index >= 15 is 0 Å². The molecule has 0 unspecified atom stereocenters. The summed E-state index contributed by atoms with van der Waals surface area (Å²) in [6.45, 7) is 4.55. The number of pyridine rings is 1. The fourth-order valence-corrected chi connectivity index (χ4v) is 6.55. The zero-order valence-corrected chi connectivity index (χ0v) is 21.7. The fourth-order valence-electron chi connectivity index (χ4n) is 6.55. The van der Waals surface area contributed by atoms with Crippen LogP contribution in [0.15, 0.2) is 30.6 Å². The maximum absolute atomic E-state index is 12.7. The van der Waals surface area contributed by atoms with Crippen LogP contribution in [0, 0.1) is 18.3 Å². The Balaban J connectivity index is 1.10. The summed E-state index contributed by atoms with van der Waals surface area (Å²) in [5.74, 6) is 4.97. The summed E-state index contributed by atoms with van der Waals surface area (Å²) in [5.41, 5.74) is 2.47. The SMILES string of the molecule is C#C[C@H]1CN(c2ccc(Nc3ncc4cc5n(c4n3)C3(CCCCC3)CNC5=O)nc2)CCN1CC1CC1. The molecule has 1 atom stereocenters. The lowest BCUT2D eigenvalue weighted by Gasteiger charge is -2.42. The van der Waals surface area contributed by atoms with Crippen LogP contribution in [0.4, 0.5) is 17.5 Å². The van der Waals surface area contributed by atoms with Gasteiger partial charge in [-0.2, -0.15) is 4.98 Å². The van der Waals surface area contributed by atoms with Crippen LogP contribution in [-0.4, -0.2) is 69.1 Å². The van der Waals surface area contributed by atoms with E-state index in [0.29, 0.717) is 24.0 Å². The van der Waals surface area contributed by atoms with Crippen molar-refractivity contribution in [3.05, 3.63) is 36.3 Å².